The predicted molar refractivity (Wildman–Crippen MR) is 100 cm³/mol. The minimum Gasteiger partial charge on any atom is -0.324 e. The molecule has 0 radical (unpaired) electrons. The molecular weight excluding hydrogens is 334 g/mol. The molecule has 0 saturated carbocycles. The quantitative estimate of drug-likeness (QED) is 0.895. The summed E-state index contributed by atoms with van der Waals surface area (Å²) in [5.41, 5.74) is 2.31. The van der Waals surface area contributed by atoms with Gasteiger partial charge < -0.3 is 9.80 Å². The van der Waals surface area contributed by atoms with Crippen molar-refractivity contribution in [3.05, 3.63) is 47.3 Å². The highest BCUT2D eigenvalue weighted by Crippen LogP contribution is 2.31. The summed E-state index contributed by atoms with van der Waals surface area (Å²) in [4.78, 5) is 28.9. The van der Waals surface area contributed by atoms with Gasteiger partial charge in [-0.2, -0.15) is 0 Å². The maximum Gasteiger partial charge on any atom is 0.322 e. The zero-order valence-corrected chi connectivity index (χ0v) is 14.8. The highest BCUT2D eigenvalue weighted by Gasteiger charge is 2.33. The molecule has 6 heteroatoms. The number of urea groups is 1. The van der Waals surface area contributed by atoms with Crippen molar-refractivity contribution in [2.45, 2.75) is 19.3 Å². The van der Waals surface area contributed by atoms with E-state index in [1.165, 1.54) is 16.9 Å². The van der Waals surface area contributed by atoms with Crippen LogP contribution in [0.1, 0.15) is 18.4 Å². The fourth-order valence-corrected chi connectivity index (χ4v) is 4.26. The smallest absolute Gasteiger partial charge is 0.322 e. The molecule has 0 bridgehead atoms. The summed E-state index contributed by atoms with van der Waals surface area (Å²) in [6.07, 6.45) is 2.40. The molecule has 1 saturated heterocycles. The molecule has 0 atom stereocenters. The van der Waals surface area contributed by atoms with E-state index in [1.54, 1.807) is 4.90 Å². The number of rotatable bonds is 2. The third-order valence-corrected chi connectivity index (χ3v) is 5.82. The zero-order valence-electron chi connectivity index (χ0n) is 14.0. The minimum absolute atomic E-state index is 0.0111. The van der Waals surface area contributed by atoms with Crippen LogP contribution in [0.5, 0.6) is 0 Å². The van der Waals surface area contributed by atoms with Gasteiger partial charge in [-0.25, -0.2) is 4.79 Å². The summed E-state index contributed by atoms with van der Waals surface area (Å²) in [6, 6.07) is 11.9. The normalized spacial score (nSPS) is 17.4. The average Bonchev–Trinajstić information content (AvgIpc) is 3.31. The molecule has 1 fully saturated rings. The Kier molecular flexibility index (Phi) is 4.44. The first-order valence-electron chi connectivity index (χ1n) is 8.71. The number of anilines is 2. The number of carbonyl (C=O) groups is 2. The largest absolute Gasteiger partial charge is 0.324 e. The molecule has 130 valence electrons. The molecule has 0 spiro atoms. The van der Waals surface area contributed by atoms with Crippen LogP contribution in [-0.2, 0) is 11.2 Å². The van der Waals surface area contributed by atoms with Crippen LogP contribution in [0.4, 0.5) is 15.5 Å². The summed E-state index contributed by atoms with van der Waals surface area (Å²) in [6.45, 7) is 2.03. The van der Waals surface area contributed by atoms with Crippen molar-refractivity contribution in [2.75, 3.05) is 29.9 Å². The van der Waals surface area contributed by atoms with Gasteiger partial charge in [-0.15, -0.1) is 11.3 Å². The van der Waals surface area contributed by atoms with Gasteiger partial charge in [0.05, 0.1) is 5.00 Å². The third-order valence-electron chi connectivity index (χ3n) is 5.04. The van der Waals surface area contributed by atoms with Gasteiger partial charge in [0.2, 0.25) is 5.91 Å². The number of fused-ring (bicyclic) bond motifs is 1. The van der Waals surface area contributed by atoms with E-state index in [1.807, 2.05) is 40.6 Å². The molecule has 0 unspecified atom stereocenters. The number of thiophene rings is 1. The van der Waals surface area contributed by atoms with Crippen molar-refractivity contribution in [3.8, 4) is 0 Å². The summed E-state index contributed by atoms with van der Waals surface area (Å²) >= 11 is 1.51. The molecule has 0 aliphatic carbocycles. The minimum atomic E-state index is -0.0696. The van der Waals surface area contributed by atoms with Crippen LogP contribution in [0.25, 0.3) is 0 Å². The van der Waals surface area contributed by atoms with E-state index in [-0.39, 0.29) is 17.9 Å². The first kappa shape index (κ1) is 16.1. The summed E-state index contributed by atoms with van der Waals surface area (Å²) < 4.78 is 0. The van der Waals surface area contributed by atoms with Gasteiger partial charge in [0, 0.05) is 31.2 Å². The van der Waals surface area contributed by atoms with Crippen molar-refractivity contribution in [2.24, 2.45) is 5.92 Å². The highest BCUT2D eigenvalue weighted by atomic mass is 32.1. The molecular formula is C19H21N3O2S. The van der Waals surface area contributed by atoms with E-state index in [0.29, 0.717) is 13.1 Å². The second kappa shape index (κ2) is 6.88. The Labute approximate surface area is 151 Å². The van der Waals surface area contributed by atoms with E-state index in [4.69, 9.17) is 0 Å². The molecule has 25 heavy (non-hydrogen) atoms. The number of benzene rings is 1. The lowest BCUT2D eigenvalue weighted by atomic mass is 9.95. The predicted octanol–water partition coefficient (Wildman–Crippen LogP) is 3.58. The van der Waals surface area contributed by atoms with Gasteiger partial charge in [-0.05, 0) is 48.4 Å². The SMILES string of the molecule is O=C(Nc1cccs1)N1CCC(C(=O)N2CCc3ccccc32)CC1. The molecule has 2 aliphatic rings. The lowest BCUT2D eigenvalue weighted by Crippen LogP contribution is -2.45. The lowest BCUT2D eigenvalue weighted by Gasteiger charge is -2.33. The Balaban J connectivity index is 1.34. The first-order valence-corrected chi connectivity index (χ1v) is 9.59. The van der Waals surface area contributed by atoms with Gasteiger partial charge in [-0.1, -0.05) is 18.2 Å². The molecule has 5 nitrogen and oxygen atoms in total. The second-order valence-corrected chi connectivity index (χ2v) is 7.49. The Morgan fingerprint density at radius 2 is 1.84 bits per heavy atom. The highest BCUT2D eigenvalue weighted by molar-refractivity contribution is 7.14. The van der Waals surface area contributed by atoms with Crippen molar-refractivity contribution in [1.29, 1.82) is 0 Å². The van der Waals surface area contributed by atoms with Crippen LogP contribution in [0.3, 0.4) is 0 Å². The number of nitrogens with zero attached hydrogens (tertiary/aromatic N) is 2. The maximum atomic E-state index is 12.9. The molecule has 1 aromatic carbocycles. The topological polar surface area (TPSA) is 52.7 Å². The number of carbonyl (C=O) groups excluding carboxylic acids is 2. The van der Waals surface area contributed by atoms with Gasteiger partial charge in [0.25, 0.3) is 0 Å². The molecule has 2 aromatic rings. The molecule has 1 N–H and O–H groups in total. The van der Waals surface area contributed by atoms with Crippen LogP contribution < -0.4 is 10.2 Å². The molecule has 4 rings (SSSR count). The molecule has 3 heterocycles. The fraction of sp³-hybridized carbons (Fsp3) is 0.368. The Bertz CT molecular complexity index is 767. The summed E-state index contributed by atoms with van der Waals surface area (Å²) in [5, 5.41) is 5.71. The van der Waals surface area contributed by atoms with E-state index in [2.05, 4.69) is 11.4 Å². The van der Waals surface area contributed by atoms with E-state index in [0.717, 1.165) is 36.5 Å². The summed E-state index contributed by atoms with van der Waals surface area (Å²) in [7, 11) is 0. The number of hydrogen-bond acceptors (Lipinski definition) is 3. The van der Waals surface area contributed by atoms with Crippen LogP contribution in [-0.4, -0.2) is 36.5 Å². The van der Waals surface area contributed by atoms with Crippen LogP contribution in [0.2, 0.25) is 0 Å². The second-order valence-electron chi connectivity index (χ2n) is 6.54. The average molecular weight is 355 g/mol. The Morgan fingerprint density at radius 3 is 2.60 bits per heavy atom. The monoisotopic (exact) mass is 355 g/mol. The van der Waals surface area contributed by atoms with E-state index >= 15 is 0 Å². The van der Waals surface area contributed by atoms with Crippen molar-refractivity contribution < 1.29 is 9.59 Å². The summed E-state index contributed by atoms with van der Waals surface area (Å²) in [5.74, 6) is 0.222. The fourth-order valence-electron chi connectivity index (χ4n) is 3.65. The van der Waals surface area contributed by atoms with Crippen molar-refractivity contribution >= 4 is 34.0 Å². The lowest BCUT2D eigenvalue weighted by molar-refractivity contribution is -0.123. The van der Waals surface area contributed by atoms with Crippen LogP contribution >= 0.6 is 11.3 Å². The molecule has 3 amide bonds. The maximum absolute atomic E-state index is 12.9. The Morgan fingerprint density at radius 1 is 1.04 bits per heavy atom. The van der Waals surface area contributed by atoms with Crippen LogP contribution in [0.15, 0.2) is 41.8 Å². The molecule has 1 aromatic heterocycles. The third kappa shape index (κ3) is 3.26. The van der Waals surface area contributed by atoms with Gasteiger partial charge in [0.15, 0.2) is 0 Å². The number of hydrogen-bond donors (Lipinski definition) is 1. The number of nitrogens with one attached hydrogen (secondary N) is 1. The number of likely N-dealkylation sites (tertiary alicyclic amines) is 1. The first-order chi connectivity index (χ1) is 12.2. The van der Waals surface area contributed by atoms with E-state index in [9.17, 15) is 9.59 Å². The zero-order chi connectivity index (χ0) is 17.2. The number of amides is 3. The van der Waals surface area contributed by atoms with Crippen molar-refractivity contribution in [1.82, 2.24) is 4.90 Å². The Hall–Kier alpha value is -2.34. The van der Waals surface area contributed by atoms with Gasteiger partial charge in [-0.3, -0.25) is 10.1 Å². The number of para-hydroxylation sites is 1. The van der Waals surface area contributed by atoms with Crippen LogP contribution in [0, 0.1) is 5.92 Å². The number of piperidine rings is 1. The standard InChI is InChI=1S/C19H21N3O2S/c23-18(22-12-9-14-4-1-2-5-16(14)22)15-7-10-21(11-8-15)19(24)20-17-6-3-13-25-17/h1-6,13,15H,7-12H2,(H,20,24). The van der Waals surface area contributed by atoms with E-state index < -0.39 is 0 Å². The van der Waals surface area contributed by atoms with Gasteiger partial charge >= 0.3 is 6.03 Å². The molecule has 2 aliphatic heterocycles. The van der Waals surface area contributed by atoms with Crippen molar-refractivity contribution in [3.63, 3.8) is 0 Å². The van der Waals surface area contributed by atoms with Gasteiger partial charge in [0.1, 0.15) is 0 Å².